The summed E-state index contributed by atoms with van der Waals surface area (Å²) < 4.78 is 44.6. The molecule has 1 aliphatic heterocycles. The van der Waals surface area contributed by atoms with Gasteiger partial charge in [0.15, 0.2) is 6.61 Å². The predicted molar refractivity (Wildman–Crippen MR) is 76.9 cm³/mol. The van der Waals surface area contributed by atoms with Gasteiger partial charge in [0.05, 0.1) is 11.8 Å². The van der Waals surface area contributed by atoms with E-state index in [1.807, 2.05) is 0 Å². The summed E-state index contributed by atoms with van der Waals surface area (Å²) in [6.45, 7) is -1.59. The van der Waals surface area contributed by atoms with E-state index in [0.717, 1.165) is 9.37 Å². The van der Waals surface area contributed by atoms with Gasteiger partial charge in [-0.1, -0.05) is 22.0 Å². The molecule has 1 saturated heterocycles. The summed E-state index contributed by atoms with van der Waals surface area (Å²) in [5.41, 5.74) is 0. The van der Waals surface area contributed by atoms with E-state index >= 15 is 0 Å². The van der Waals surface area contributed by atoms with Crippen molar-refractivity contribution in [3.8, 4) is 5.75 Å². The monoisotopic (exact) mass is 395 g/mol. The minimum absolute atomic E-state index is 0.383. The number of likely N-dealkylation sites (tertiary alicyclic amines) is 1. The number of carbonyl (C=O) groups excluding carboxylic acids is 1. The van der Waals surface area contributed by atoms with Crippen molar-refractivity contribution >= 4 is 27.8 Å². The minimum Gasteiger partial charge on any atom is -0.484 e. The molecule has 0 spiro atoms. The molecule has 1 aromatic rings. The van der Waals surface area contributed by atoms with E-state index in [4.69, 9.17) is 9.84 Å². The fourth-order valence-corrected chi connectivity index (χ4v) is 2.76. The normalized spacial score (nSPS) is 21.3. The maximum absolute atomic E-state index is 12.9. The van der Waals surface area contributed by atoms with Crippen LogP contribution >= 0.6 is 15.9 Å². The zero-order chi connectivity index (χ0) is 17.2. The van der Waals surface area contributed by atoms with Crippen LogP contribution in [0.4, 0.5) is 13.2 Å². The SMILES string of the molecule is O=C(O)[C@@H]1CN(C(=O)COc2cccc(Br)c2)C[C@H]1C(F)(F)F. The highest BCUT2D eigenvalue weighted by molar-refractivity contribution is 9.10. The Kier molecular flexibility index (Phi) is 5.18. The lowest BCUT2D eigenvalue weighted by Gasteiger charge is -2.18. The third-order valence-corrected chi connectivity index (χ3v) is 4.06. The van der Waals surface area contributed by atoms with Crippen molar-refractivity contribution in [1.29, 1.82) is 0 Å². The van der Waals surface area contributed by atoms with Gasteiger partial charge < -0.3 is 14.7 Å². The Morgan fingerprint density at radius 1 is 1.35 bits per heavy atom. The molecule has 0 aliphatic carbocycles. The Bertz CT molecular complexity index is 608. The highest BCUT2D eigenvalue weighted by atomic mass is 79.9. The Labute approximate surface area is 138 Å². The van der Waals surface area contributed by atoms with E-state index in [2.05, 4.69) is 15.9 Å². The van der Waals surface area contributed by atoms with Gasteiger partial charge in [-0.3, -0.25) is 9.59 Å². The summed E-state index contributed by atoms with van der Waals surface area (Å²) in [5, 5.41) is 8.91. The maximum atomic E-state index is 12.9. The summed E-state index contributed by atoms with van der Waals surface area (Å²) in [6.07, 6.45) is -4.66. The number of hydrogen-bond donors (Lipinski definition) is 1. The summed E-state index contributed by atoms with van der Waals surface area (Å²) in [4.78, 5) is 23.8. The molecule has 1 aliphatic rings. The number of rotatable bonds is 4. The summed E-state index contributed by atoms with van der Waals surface area (Å²) in [7, 11) is 0. The van der Waals surface area contributed by atoms with Crippen LogP contribution in [0.3, 0.4) is 0 Å². The lowest BCUT2D eigenvalue weighted by molar-refractivity contribution is -0.188. The quantitative estimate of drug-likeness (QED) is 0.850. The lowest BCUT2D eigenvalue weighted by Crippen LogP contribution is -2.35. The number of hydrogen-bond acceptors (Lipinski definition) is 3. The molecule has 1 amide bonds. The van der Waals surface area contributed by atoms with Gasteiger partial charge in [0.25, 0.3) is 5.91 Å². The number of carbonyl (C=O) groups is 2. The van der Waals surface area contributed by atoms with Crippen LogP contribution in [0.5, 0.6) is 5.75 Å². The largest absolute Gasteiger partial charge is 0.484 e. The zero-order valence-corrected chi connectivity index (χ0v) is 13.3. The van der Waals surface area contributed by atoms with Crippen LogP contribution < -0.4 is 4.74 Å². The number of aliphatic carboxylic acids is 1. The van der Waals surface area contributed by atoms with Gasteiger partial charge in [0.1, 0.15) is 5.75 Å². The second-order valence-electron chi connectivity index (χ2n) is 5.14. The van der Waals surface area contributed by atoms with E-state index in [-0.39, 0.29) is 0 Å². The third-order valence-electron chi connectivity index (χ3n) is 3.57. The third kappa shape index (κ3) is 4.37. The molecule has 9 heteroatoms. The van der Waals surface area contributed by atoms with Crippen molar-refractivity contribution in [3.63, 3.8) is 0 Å². The van der Waals surface area contributed by atoms with Gasteiger partial charge in [-0.05, 0) is 18.2 Å². The van der Waals surface area contributed by atoms with E-state index in [0.29, 0.717) is 5.75 Å². The van der Waals surface area contributed by atoms with Gasteiger partial charge in [-0.2, -0.15) is 13.2 Å². The van der Waals surface area contributed by atoms with Gasteiger partial charge >= 0.3 is 12.1 Å². The highest BCUT2D eigenvalue weighted by Gasteiger charge is 2.53. The molecule has 2 atom stereocenters. The number of carboxylic acids is 1. The summed E-state index contributed by atoms with van der Waals surface area (Å²) in [6, 6.07) is 6.64. The molecule has 1 aromatic carbocycles. The molecule has 1 N–H and O–H groups in total. The van der Waals surface area contributed by atoms with Crippen LogP contribution in [0.25, 0.3) is 0 Å². The van der Waals surface area contributed by atoms with E-state index in [1.54, 1.807) is 24.3 Å². The first kappa shape index (κ1) is 17.6. The average Bonchev–Trinajstić information content (AvgIpc) is 2.90. The number of halogens is 4. The molecule has 5 nitrogen and oxygen atoms in total. The molecule has 126 valence electrons. The van der Waals surface area contributed by atoms with Crippen molar-refractivity contribution in [3.05, 3.63) is 28.7 Å². The van der Waals surface area contributed by atoms with Crippen LogP contribution in [-0.2, 0) is 9.59 Å². The molecular formula is C14H13BrF3NO4. The molecule has 1 fully saturated rings. The molecule has 0 radical (unpaired) electrons. The van der Waals surface area contributed by atoms with E-state index in [9.17, 15) is 22.8 Å². The Morgan fingerprint density at radius 2 is 2.04 bits per heavy atom. The summed E-state index contributed by atoms with van der Waals surface area (Å²) in [5.74, 6) is -5.56. The van der Waals surface area contributed by atoms with Crippen molar-refractivity contribution < 1.29 is 32.6 Å². The molecule has 0 aromatic heterocycles. The average molecular weight is 396 g/mol. The number of benzene rings is 1. The van der Waals surface area contributed by atoms with Crippen molar-refractivity contribution in [2.24, 2.45) is 11.8 Å². The first-order valence-corrected chi connectivity index (χ1v) is 7.43. The number of nitrogens with zero attached hydrogens (tertiary/aromatic N) is 1. The van der Waals surface area contributed by atoms with Crippen LogP contribution in [0.2, 0.25) is 0 Å². The summed E-state index contributed by atoms with van der Waals surface area (Å²) >= 11 is 3.22. The van der Waals surface area contributed by atoms with Gasteiger partial charge in [-0.15, -0.1) is 0 Å². The molecule has 2 rings (SSSR count). The highest BCUT2D eigenvalue weighted by Crippen LogP contribution is 2.37. The smallest absolute Gasteiger partial charge is 0.394 e. The van der Waals surface area contributed by atoms with Crippen molar-refractivity contribution in [1.82, 2.24) is 4.90 Å². The molecule has 0 bridgehead atoms. The van der Waals surface area contributed by atoms with Crippen LogP contribution in [0.1, 0.15) is 0 Å². The molecule has 1 heterocycles. The van der Waals surface area contributed by atoms with Gasteiger partial charge in [0.2, 0.25) is 0 Å². The fraction of sp³-hybridized carbons (Fsp3) is 0.429. The van der Waals surface area contributed by atoms with Gasteiger partial charge in [0, 0.05) is 17.6 Å². The first-order chi connectivity index (χ1) is 10.7. The molecular weight excluding hydrogens is 383 g/mol. The molecule has 0 unspecified atom stereocenters. The topological polar surface area (TPSA) is 66.8 Å². The molecule has 0 saturated carbocycles. The van der Waals surface area contributed by atoms with Crippen LogP contribution in [-0.4, -0.2) is 47.8 Å². The Hall–Kier alpha value is -1.77. The molecule has 23 heavy (non-hydrogen) atoms. The Morgan fingerprint density at radius 3 is 2.57 bits per heavy atom. The van der Waals surface area contributed by atoms with Crippen LogP contribution in [0.15, 0.2) is 28.7 Å². The van der Waals surface area contributed by atoms with Gasteiger partial charge in [-0.25, -0.2) is 0 Å². The standard InChI is InChI=1S/C14H13BrF3NO4/c15-8-2-1-3-9(4-8)23-7-12(20)19-5-10(13(21)22)11(6-19)14(16,17)18/h1-4,10-11H,5-7H2,(H,21,22)/t10-,11-/m1/s1. The maximum Gasteiger partial charge on any atom is 0.394 e. The number of amides is 1. The zero-order valence-electron chi connectivity index (χ0n) is 11.7. The predicted octanol–water partition coefficient (Wildman–Crippen LogP) is 2.55. The first-order valence-electron chi connectivity index (χ1n) is 6.64. The lowest BCUT2D eigenvalue weighted by atomic mass is 9.96. The second-order valence-corrected chi connectivity index (χ2v) is 6.05. The number of ether oxygens (including phenoxy) is 1. The number of alkyl halides is 3. The second kappa shape index (κ2) is 6.77. The Balaban J connectivity index is 1.99. The van der Waals surface area contributed by atoms with E-state index in [1.165, 1.54) is 0 Å². The number of carboxylic acid groups (broad SMARTS) is 1. The van der Waals surface area contributed by atoms with Crippen molar-refractivity contribution in [2.45, 2.75) is 6.18 Å². The van der Waals surface area contributed by atoms with E-state index < -0.39 is 49.6 Å². The van der Waals surface area contributed by atoms with Crippen LogP contribution in [0, 0.1) is 11.8 Å². The minimum atomic E-state index is -4.66. The van der Waals surface area contributed by atoms with Crippen molar-refractivity contribution in [2.75, 3.05) is 19.7 Å². The fourth-order valence-electron chi connectivity index (χ4n) is 2.38.